The Labute approximate surface area is 304 Å². The maximum Gasteiger partial charge on any atom is 0.0973 e. The Bertz CT molecular complexity index is 2650. The van der Waals surface area contributed by atoms with Gasteiger partial charge in [0.15, 0.2) is 0 Å². The molecule has 3 aromatic heterocycles. The normalized spacial score (nSPS) is 17.5. The van der Waals surface area contributed by atoms with E-state index < -0.39 is 0 Å². The Balaban J connectivity index is 1.07. The van der Waals surface area contributed by atoms with Gasteiger partial charge in [0.2, 0.25) is 0 Å². The molecular weight excluding hydrogens is 633 g/mol. The number of fused-ring (bicyclic) bond motifs is 6. The van der Waals surface area contributed by atoms with Gasteiger partial charge in [-0.25, -0.2) is 9.97 Å². The van der Waals surface area contributed by atoms with E-state index in [0.717, 1.165) is 40.0 Å². The fraction of sp³-hybridized carbons (Fsp3) is 0.167. The summed E-state index contributed by atoms with van der Waals surface area (Å²) in [5, 5.41) is 0. The van der Waals surface area contributed by atoms with Crippen molar-refractivity contribution in [1.82, 2.24) is 19.9 Å². The molecule has 10 rings (SSSR count). The number of aromatic nitrogens is 4. The highest BCUT2D eigenvalue weighted by Gasteiger charge is 2.40. The molecule has 250 valence electrons. The summed E-state index contributed by atoms with van der Waals surface area (Å²) in [6, 6.07) is 37.4. The number of benzene rings is 4. The first kappa shape index (κ1) is 30.8. The molecular formula is C48H38N4. The van der Waals surface area contributed by atoms with Crippen molar-refractivity contribution in [3.05, 3.63) is 173 Å². The Hall–Kier alpha value is -6.00. The zero-order chi connectivity index (χ0) is 35.2. The minimum atomic E-state index is -0.182. The van der Waals surface area contributed by atoms with Crippen LogP contribution in [0.4, 0.5) is 0 Å². The van der Waals surface area contributed by atoms with Gasteiger partial charge < -0.3 is 0 Å². The van der Waals surface area contributed by atoms with Crippen molar-refractivity contribution in [3.8, 4) is 44.8 Å². The van der Waals surface area contributed by atoms with Crippen LogP contribution in [0.5, 0.6) is 0 Å². The maximum absolute atomic E-state index is 5.35. The summed E-state index contributed by atoms with van der Waals surface area (Å²) in [5.41, 5.74) is 20.0. The number of hydrogen-bond donors (Lipinski definition) is 0. The molecule has 0 N–H and O–H groups in total. The second kappa shape index (κ2) is 11.2. The number of pyridine rings is 2. The Morgan fingerprint density at radius 2 is 1.04 bits per heavy atom. The zero-order valence-corrected chi connectivity index (χ0v) is 29.9. The van der Waals surface area contributed by atoms with Crippen molar-refractivity contribution in [2.45, 2.75) is 50.9 Å². The van der Waals surface area contributed by atoms with E-state index >= 15 is 0 Å². The van der Waals surface area contributed by atoms with Gasteiger partial charge in [-0.3, -0.25) is 9.97 Å². The van der Waals surface area contributed by atoms with Crippen LogP contribution in [0, 0.1) is 0 Å². The van der Waals surface area contributed by atoms with E-state index in [1.165, 1.54) is 61.2 Å². The molecule has 1 unspecified atom stereocenters. The molecule has 0 bridgehead atoms. The van der Waals surface area contributed by atoms with E-state index in [-0.39, 0.29) is 10.8 Å². The van der Waals surface area contributed by atoms with Crippen molar-refractivity contribution in [2.24, 2.45) is 0 Å². The van der Waals surface area contributed by atoms with Gasteiger partial charge in [0.25, 0.3) is 0 Å². The van der Waals surface area contributed by atoms with Gasteiger partial charge in [-0.05, 0) is 117 Å². The third kappa shape index (κ3) is 4.60. The summed E-state index contributed by atoms with van der Waals surface area (Å²) >= 11 is 0. The molecule has 0 amide bonds. The van der Waals surface area contributed by atoms with Crippen LogP contribution in [0.2, 0.25) is 0 Å². The number of allylic oxidation sites excluding steroid dienone is 4. The number of nitrogens with zero attached hydrogens (tertiary/aromatic N) is 4. The molecule has 7 aromatic rings. The Morgan fingerprint density at radius 1 is 0.519 bits per heavy atom. The minimum Gasteiger partial charge on any atom is -0.265 e. The number of rotatable bonds is 4. The van der Waals surface area contributed by atoms with Crippen molar-refractivity contribution < 1.29 is 0 Å². The van der Waals surface area contributed by atoms with Gasteiger partial charge in [-0.15, -0.1) is 0 Å². The van der Waals surface area contributed by atoms with E-state index in [1.807, 2.05) is 36.9 Å². The smallest absolute Gasteiger partial charge is 0.0973 e. The molecule has 0 aliphatic heterocycles. The lowest BCUT2D eigenvalue weighted by Gasteiger charge is -2.29. The van der Waals surface area contributed by atoms with E-state index in [4.69, 9.17) is 9.97 Å². The van der Waals surface area contributed by atoms with Crippen molar-refractivity contribution >= 4 is 16.6 Å². The Morgan fingerprint density at radius 3 is 1.65 bits per heavy atom. The van der Waals surface area contributed by atoms with Crippen LogP contribution in [0.1, 0.15) is 67.9 Å². The molecule has 4 nitrogen and oxygen atoms in total. The predicted molar refractivity (Wildman–Crippen MR) is 212 cm³/mol. The van der Waals surface area contributed by atoms with E-state index in [2.05, 4.69) is 141 Å². The summed E-state index contributed by atoms with van der Waals surface area (Å²) in [6.07, 6.45) is 13.2. The average Bonchev–Trinajstić information content (AvgIpc) is 3.56. The second-order valence-corrected chi connectivity index (χ2v) is 15.5. The maximum atomic E-state index is 5.35. The summed E-state index contributed by atoms with van der Waals surface area (Å²) in [5.74, 6) is 0.352. The SMILES string of the molecule is CC1(C)C2=C(C=CC(c3ccncc3)C2)c2ccc(-c3nc4ccccc4nc3-c3ccc4c(c3)C(C)(C)c3cc(-c5ccncc5)ccc3-4)cc21. The molecule has 3 aliphatic carbocycles. The highest BCUT2D eigenvalue weighted by atomic mass is 14.8. The van der Waals surface area contributed by atoms with E-state index in [0.29, 0.717) is 5.92 Å². The van der Waals surface area contributed by atoms with Gasteiger partial charge in [-0.1, -0.05) is 94.0 Å². The monoisotopic (exact) mass is 670 g/mol. The molecule has 0 radical (unpaired) electrons. The lowest BCUT2D eigenvalue weighted by molar-refractivity contribution is 0.591. The van der Waals surface area contributed by atoms with Crippen LogP contribution in [-0.2, 0) is 10.8 Å². The molecule has 0 fully saturated rings. The number of para-hydroxylation sites is 2. The number of hydrogen-bond acceptors (Lipinski definition) is 4. The van der Waals surface area contributed by atoms with Crippen LogP contribution in [0.15, 0.2) is 146 Å². The standard InChI is InChI=1S/C48H38N4/c1-47(2)39-25-31(29-17-21-49-22-18-29)9-13-35(39)37-15-11-33(27-41(37)47)45-46(52-44-8-6-5-7-43(44)51-45)34-12-16-38-36-14-10-32(30-19-23-50-24-20-30)26-40(36)48(3,4)42(38)28-34/h5-25,27-28,32H,26H2,1-4H3. The first-order valence-electron chi connectivity index (χ1n) is 18.2. The van der Waals surface area contributed by atoms with Crippen molar-refractivity contribution in [2.75, 3.05) is 0 Å². The van der Waals surface area contributed by atoms with Crippen LogP contribution in [0.25, 0.3) is 61.4 Å². The quantitative estimate of drug-likeness (QED) is 0.187. The van der Waals surface area contributed by atoms with Crippen molar-refractivity contribution in [3.63, 3.8) is 0 Å². The third-order valence-corrected chi connectivity index (χ3v) is 11.9. The highest BCUT2D eigenvalue weighted by molar-refractivity contribution is 5.92. The zero-order valence-electron chi connectivity index (χ0n) is 29.9. The van der Waals surface area contributed by atoms with E-state index in [1.54, 1.807) is 0 Å². The summed E-state index contributed by atoms with van der Waals surface area (Å²) in [7, 11) is 0. The molecule has 3 heterocycles. The molecule has 3 aliphatic rings. The molecule has 0 spiro atoms. The first-order valence-corrected chi connectivity index (χ1v) is 18.2. The second-order valence-electron chi connectivity index (χ2n) is 15.5. The molecule has 0 saturated carbocycles. The van der Waals surface area contributed by atoms with Crippen LogP contribution >= 0.6 is 0 Å². The van der Waals surface area contributed by atoms with Crippen LogP contribution in [0.3, 0.4) is 0 Å². The van der Waals surface area contributed by atoms with Gasteiger partial charge >= 0.3 is 0 Å². The van der Waals surface area contributed by atoms with Gasteiger partial charge in [0.1, 0.15) is 0 Å². The molecule has 1 atom stereocenters. The average molecular weight is 671 g/mol. The molecule has 4 heteroatoms. The van der Waals surface area contributed by atoms with Gasteiger partial charge in [-0.2, -0.15) is 0 Å². The molecule has 4 aromatic carbocycles. The summed E-state index contributed by atoms with van der Waals surface area (Å²) < 4.78 is 0. The van der Waals surface area contributed by atoms with Gasteiger partial charge in [0.05, 0.1) is 22.4 Å². The van der Waals surface area contributed by atoms with Crippen molar-refractivity contribution in [1.29, 1.82) is 0 Å². The fourth-order valence-corrected chi connectivity index (χ4v) is 9.01. The molecule has 0 saturated heterocycles. The lowest BCUT2D eigenvalue weighted by Crippen LogP contribution is -2.19. The summed E-state index contributed by atoms with van der Waals surface area (Å²) in [6.45, 7) is 9.45. The molecule has 52 heavy (non-hydrogen) atoms. The van der Waals surface area contributed by atoms with Gasteiger partial charge in [0, 0.05) is 52.7 Å². The Kier molecular flexibility index (Phi) is 6.66. The van der Waals surface area contributed by atoms with Crippen LogP contribution < -0.4 is 0 Å². The summed E-state index contributed by atoms with van der Waals surface area (Å²) in [4.78, 5) is 19.2. The largest absolute Gasteiger partial charge is 0.265 e. The lowest BCUT2D eigenvalue weighted by atomic mass is 9.75. The fourth-order valence-electron chi connectivity index (χ4n) is 9.01. The van der Waals surface area contributed by atoms with Crippen LogP contribution in [-0.4, -0.2) is 19.9 Å². The first-order chi connectivity index (χ1) is 25.3. The van der Waals surface area contributed by atoms with E-state index in [9.17, 15) is 0 Å². The highest BCUT2D eigenvalue weighted by Crippen LogP contribution is 2.54. The third-order valence-electron chi connectivity index (χ3n) is 11.9. The predicted octanol–water partition coefficient (Wildman–Crippen LogP) is 11.5. The minimum absolute atomic E-state index is 0.111. The topological polar surface area (TPSA) is 51.6 Å².